The molecule has 1 aliphatic carbocycles. The van der Waals surface area contributed by atoms with E-state index in [9.17, 15) is 14.7 Å². The number of carbonyl (C=O) groups is 2. The number of amides is 2. The molecule has 0 spiro atoms. The summed E-state index contributed by atoms with van der Waals surface area (Å²) in [5.41, 5.74) is 1.08. The first-order chi connectivity index (χ1) is 9.04. The Balaban J connectivity index is 2.21. The maximum atomic E-state index is 11.8. The van der Waals surface area contributed by atoms with Gasteiger partial charge in [-0.15, -0.1) is 11.3 Å². The van der Waals surface area contributed by atoms with Crippen LogP contribution in [0.15, 0.2) is 0 Å². The lowest BCUT2D eigenvalue weighted by molar-refractivity contribution is 0.0697. The van der Waals surface area contributed by atoms with E-state index >= 15 is 0 Å². The van der Waals surface area contributed by atoms with Crippen molar-refractivity contribution in [3.8, 4) is 0 Å². The summed E-state index contributed by atoms with van der Waals surface area (Å²) in [6.07, 6.45) is 2.61. The number of aromatic carboxylic acids is 1. The molecule has 1 aromatic heterocycles. The van der Waals surface area contributed by atoms with Gasteiger partial charge >= 0.3 is 12.0 Å². The van der Waals surface area contributed by atoms with Crippen molar-refractivity contribution in [1.29, 1.82) is 0 Å². The van der Waals surface area contributed by atoms with Gasteiger partial charge in [-0.05, 0) is 24.8 Å². The summed E-state index contributed by atoms with van der Waals surface area (Å²) in [5.74, 6) is -1.00. The number of aliphatic hydroxyl groups is 1. The van der Waals surface area contributed by atoms with Crippen LogP contribution in [0, 0.1) is 0 Å². The second-order valence-electron chi connectivity index (χ2n) is 4.44. The summed E-state index contributed by atoms with van der Waals surface area (Å²) in [4.78, 5) is 25.5. The maximum absolute atomic E-state index is 11.8. The Morgan fingerprint density at radius 2 is 2.16 bits per heavy atom. The second kappa shape index (κ2) is 5.58. The molecule has 19 heavy (non-hydrogen) atoms. The normalized spacial score (nSPS) is 13.2. The van der Waals surface area contributed by atoms with Gasteiger partial charge in [0.2, 0.25) is 0 Å². The predicted octanol–water partition coefficient (Wildman–Crippen LogP) is 1.39. The Morgan fingerprint density at radius 3 is 2.79 bits per heavy atom. The molecular formula is C12H16N2O4S. The van der Waals surface area contributed by atoms with Crippen LogP contribution in [-0.4, -0.2) is 47.3 Å². The average molecular weight is 284 g/mol. The zero-order valence-electron chi connectivity index (χ0n) is 10.6. The second-order valence-corrected chi connectivity index (χ2v) is 5.55. The topological polar surface area (TPSA) is 89.9 Å². The van der Waals surface area contributed by atoms with Crippen molar-refractivity contribution in [2.24, 2.45) is 0 Å². The largest absolute Gasteiger partial charge is 0.478 e. The number of urea groups is 1. The highest BCUT2D eigenvalue weighted by atomic mass is 32.1. The van der Waals surface area contributed by atoms with Gasteiger partial charge in [0.05, 0.1) is 12.2 Å². The molecule has 0 saturated heterocycles. The van der Waals surface area contributed by atoms with Crippen molar-refractivity contribution in [3.05, 3.63) is 16.0 Å². The third-order valence-electron chi connectivity index (χ3n) is 3.14. The fourth-order valence-corrected chi connectivity index (χ4v) is 3.43. The van der Waals surface area contributed by atoms with Gasteiger partial charge in [0, 0.05) is 18.5 Å². The van der Waals surface area contributed by atoms with Crippen LogP contribution in [0.1, 0.15) is 27.2 Å². The predicted molar refractivity (Wildman–Crippen MR) is 72.0 cm³/mol. The first-order valence-electron chi connectivity index (χ1n) is 6.05. The molecule has 1 aliphatic rings. The molecule has 104 valence electrons. The molecule has 7 heteroatoms. The van der Waals surface area contributed by atoms with Crippen LogP contribution in [0.4, 0.5) is 9.80 Å². The number of likely N-dealkylation sites (N-methyl/N-ethyl adjacent to an activating group) is 1. The van der Waals surface area contributed by atoms with Crippen molar-refractivity contribution < 1.29 is 19.8 Å². The smallest absolute Gasteiger partial charge is 0.339 e. The fourth-order valence-electron chi connectivity index (χ4n) is 2.16. The number of anilines is 1. The zero-order chi connectivity index (χ0) is 14.0. The van der Waals surface area contributed by atoms with E-state index < -0.39 is 12.0 Å². The number of rotatable bonds is 4. The van der Waals surface area contributed by atoms with Crippen LogP contribution >= 0.6 is 11.3 Å². The number of hydrogen-bond acceptors (Lipinski definition) is 4. The number of carboxylic acids is 1. The van der Waals surface area contributed by atoms with Gasteiger partial charge in [0.15, 0.2) is 0 Å². The summed E-state index contributed by atoms with van der Waals surface area (Å²) in [6.45, 7) is 0.0793. The Morgan fingerprint density at radius 1 is 1.42 bits per heavy atom. The summed E-state index contributed by atoms with van der Waals surface area (Å²) in [6, 6.07) is -0.406. The molecule has 0 aromatic carbocycles. The number of thiophene rings is 1. The SMILES string of the molecule is CN(CCO)C(=O)Nc1sc2c(c1C(=O)O)CCC2. The highest BCUT2D eigenvalue weighted by molar-refractivity contribution is 7.17. The molecule has 0 atom stereocenters. The van der Waals surface area contributed by atoms with Gasteiger partial charge in [-0.25, -0.2) is 9.59 Å². The lowest BCUT2D eigenvalue weighted by Crippen LogP contribution is -2.33. The van der Waals surface area contributed by atoms with Crippen LogP contribution in [0.3, 0.4) is 0 Å². The quantitative estimate of drug-likeness (QED) is 0.779. The zero-order valence-corrected chi connectivity index (χ0v) is 11.4. The molecule has 2 amide bonds. The van der Waals surface area contributed by atoms with Crippen molar-refractivity contribution in [2.45, 2.75) is 19.3 Å². The van der Waals surface area contributed by atoms with Gasteiger partial charge in [0.25, 0.3) is 0 Å². The van der Waals surface area contributed by atoms with Gasteiger partial charge < -0.3 is 15.1 Å². The molecule has 1 aromatic rings. The summed E-state index contributed by atoms with van der Waals surface area (Å²) in [7, 11) is 1.55. The molecule has 0 radical (unpaired) electrons. The van der Waals surface area contributed by atoms with Gasteiger partial charge in [-0.2, -0.15) is 0 Å². The highest BCUT2D eigenvalue weighted by Gasteiger charge is 2.27. The number of nitrogens with one attached hydrogen (secondary N) is 1. The minimum absolute atomic E-state index is 0.128. The van der Waals surface area contributed by atoms with E-state index in [2.05, 4.69) is 5.32 Å². The summed E-state index contributed by atoms with van der Waals surface area (Å²) >= 11 is 1.34. The number of hydrogen-bond donors (Lipinski definition) is 3. The van der Waals surface area contributed by atoms with Crippen LogP contribution in [-0.2, 0) is 12.8 Å². The lowest BCUT2D eigenvalue weighted by atomic mass is 10.1. The third kappa shape index (κ3) is 2.71. The first kappa shape index (κ1) is 13.8. The molecule has 6 nitrogen and oxygen atoms in total. The minimum Gasteiger partial charge on any atom is -0.478 e. The van der Waals surface area contributed by atoms with E-state index in [1.165, 1.54) is 16.2 Å². The minimum atomic E-state index is -1.00. The Kier molecular flexibility index (Phi) is 4.06. The Hall–Kier alpha value is -1.60. The van der Waals surface area contributed by atoms with E-state index in [1.807, 2.05) is 0 Å². The Bertz CT molecular complexity index is 512. The molecule has 0 fully saturated rings. The monoisotopic (exact) mass is 284 g/mol. The number of nitrogens with zero attached hydrogens (tertiary/aromatic N) is 1. The number of aliphatic hydroxyl groups excluding tert-OH is 1. The van der Waals surface area contributed by atoms with E-state index in [4.69, 9.17) is 5.11 Å². The van der Waals surface area contributed by atoms with Crippen LogP contribution in [0.25, 0.3) is 0 Å². The van der Waals surface area contributed by atoms with Crippen LogP contribution in [0.5, 0.6) is 0 Å². The fraction of sp³-hybridized carbons (Fsp3) is 0.500. The lowest BCUT2D eigenvalue weighted by Gasteiger charge is -2.16. The van der Waals surface area contributed by atoms with Gasteiger partial charge in [0.1, 0.15) is 5.00 Å². The molecule has 0 unspecified atom stereocenters. The number of carbonyl (C=O) groups excluding carboxylic acids is 1. The molecule has 1 heterocycles. The summed E-state index contributed by atoms with van der Waals surface area (Å²) in [5, 5.41) is 21.1. The standard InChI is InChI=1S/C12H16N2O4S/c1-14(5-6-15)12(18)13-10-9(11(16)17)7-3-2-4-8(7)19-10/h15H,2-6H2,1H3,(H,13,18)(H,16,17). The third-order valence-corrected chi connectivity index (χ3v) is 4.34. The highest BCUT2D eigenvalue weighted by Crippen LogP contribution is 2.39. The van der Waals surface area contributed by atoms with Gasteiger partial charge in [-0.1, -0.05) is 0 Å². The summed E-state index contributed by atoms with van der Waals surface area (Å²) < 4.78 is 0. The molecule has 3 N–H and O–H groups in total. The van der Waals surface area contributed by atoms with Crippen molar-refractivity contribution in [2.75, 3.05) is 25.5 Å². The van der Waals surface area contributed by atoms with Gasteiger partial charge in [-0.3, -0.25) is 5.32 Å². The van der Waals surface area contributed by atoms with Crippen molar-refractivity contribution >= 4 is 28.3 Å². The number of carboxylic acid groups (broad SMARTS) is 1. The molecular weight excluding hydrogens is 268 g/mol. The molecule has 0 aliphatic heterocycles. The maximum Gasteiger partial charge on any atom is 0.339 e. The van der Waals surface area contributed by atoms with E-state index in [1.54, 1.807) is 7.05 Å². The van der Waals surface area contributed by atoms with E-state index in [0.29, 0.717) is 5.00 Å². The molecule has 0 saturated carbocycles. The Labute approximate surface area is 114 Å². The molecule has 0 bridgehead atoms. The van der Waals surface area contributed by atoms with Crippen molar-refractivity contribution in [1.82, 2.24) is 4.90 Å². The number of fused-ring (bicyclic) bond motifs is 1. The van der Waals surface area contributed by atoms with E-state index in [-0.39, 0.29) is 18.7 Å². The van der Waals surface area contributed by atoms with E-state index in [0.717, 1.165) is 29.7 Å². The van der Waals surface area contributed by atoms with Crippen LogP contribution < -0.4 is 5.32 Å². The number of aryl methyl sites for hydroxylation is 1. The average Bonchev–Trinajstić information content (AvgIpc) is 2.88. The first-order valence-corrected chi connectivity index (χ1v) is 6.87. The van der Waals surface area contributed by atoms with Crippen molar-refractivity contribution in [3.63, 3.8) is 0 Å². The van der Waals surface area contributed by atoms with Crippen LogP contribution in [0.2, 0.25) is 0 Å². The molecule has 2 rings (SSSR count).